The van der Waals surface area contributed by atoms with Crippen LogP contribution in [-0.4, -0.2) is 8.42 Å². The maximum absolute atomic E-state index is 12.4. The molecule has 3 N–H and O–H groups in total. The normalized spacial score (nSPS) is 11.4. The number of nitrogens with two attached hydrogens (primary N) is 1. The molecule has 2 aromatic rings. The molecule has 0 bridgehead atoms. The first-order valence-electron chi connectivity index (χ1n) is 5.43. The number of hydrogen-bond donors (Lipinski definition) is 2. The van der Waals surface area contributed by atoms with Gasteiger partial charge in [0.25, 0.3) is 10.0 Å². The second kappa shape index (κ2) is 6.22. The zero-order chi connectivity index (χ0) is 15.8. The lowest BCUT2D eigenvalue weighted by molar-refractivity contribution is 0.601. The smallest absolute Gasteiger partial charge is 0.263 e. The van der Waals surface area contributed by atoms with Gasteiger partial charge in [-0.2, -0.15) is 0 Å². The number of nitrogens with one attached hydrogen (secondary N) is 1. The Kier molecular flexibility index (Phi) is 4.95. The minimum atomic E-state index is -3.88. The first kappa shape index (κ1) is 16.7. The van der Waals surface area contributed by atoms with Crippen molar-refractivity contribution in [2.45, 2.75) is 4.90 Å². The van der Waals surface area contributed by atoms with Crippen molar-refractivity contribution in [2.75, 3.05) is 10.5 Å². The Hall–Kier alpha value is -0.660. The van der Waals surface area contributed by atoms with Gasteiger partial charge in [-0.3, -0.25) is 4.72 Å². The summed E-state index contributed by atoms with van der Waals surface area (Å²) >= 11 is 20.6. The second-order valence-electron chi connectivity index (χ2n) is 4.04. The van der Waals surface area contributed by atoms with E-state index in [1.54, 1.807) is 0 Å². The van der Waals surface area contributed by atoms with Gasteiger partial charge >= 0.3 is 0 Å². The third kappa shape index (κ3) is 3.76. The number of sulfonamides is 1. The Bertz CT molecular complexity index is 812. The first-order valence-corrected chi connectivity index (χ1v) is 8.84. The van der Waals surface area contributed by atoms with Crippen LogP contribution in [-0.2, 0) is 10.0 Å². The van der Waals surface area contributed by atoms with E-state index >= 15 is 0 Å². The Morgan fingerprint density at radius 1 is 1.05 bits per heavy atom. The zero-order valence-electron chi connectivity index (χ0n) is 10.2. The summed E-state index contributed by atoms with van der Waals surface area (Å²) < 4.78 is 27.4. The van der Waals surface area contributed by atoms with Crippen LogP contribution in [0.4, 0.5) is 11.4 Å². The van der Waals surface area contributed by atoms with Gasteiger partial charge in [0.1, 0.15) is 4.90 Å². The van der Waals surface area contributed by atoms with Gasteiger partial charge in [-0.05, 0) is 46.3 Å². The van der Waals surface area contributed by atoms with Crippen LogP contribution in [0.25, 0.3) is 0 Å². The van der Waals surface area contributed by atoms with Gasteiger partial charge in [-0.15, -0.1) is 0 Å². The lowest BCUT2D eigenvalue weighted by atomic mass is 10.3. The van der Waals surface area contributed by atoms with Gasteiger partial charge in [-0.25, -0.2) is 8.42 Å². The average molecular weight is 431 g/mol. The molecule has 0 spiro atoms. The van der Waals surface area contributed by atoms with E-state index in [1.165, 1.54) is 30.3 Å². The molecular weight excluding hydrogens is 422 g/mol. The SMILES string of the molecule is Nc1cc(Cl)cc(S(=O)(=O)Nc2ccc(Cl)c(Cl)c2)c1Br. The fourth-order valence-electron chi connectivity index (χ4n) is 1.55. The van der Waals surface area contributed by atoms with Crippen molar-refractivity contribution in [3.8, 4) is 0 Å². The third-order valence-electron chi connectivity index (χ3n) is 2.49. The highest BCUT2D eigenvalue weighted by Gasteiger charge is 2.20. The summed E-state index contributed by atoms with van der Waals surface area (Å²) in [6.07, 6.45) is 0. The summed E-state index contributed by atoms with van der Waals surface area (Å²) in [5, 5.41) is 0.777. The van der Waals surface area contributed by atoms with Crippen LogP contribution in [0.5, 0.6) is 0 Å². The van der Waals surface area contributed by atoms with E-state index in [-0.39, 0.29) is 30.8 Å². The van der Waals surface area contributed by atoms with E-state index in [0.717, 1.165) is 0 Å². The van der Waals surface area contributed by atoms with Crippen molar-refractivity contribution in [3.05, 3.63) is 49.9 Å². The van der Waals surface area contributed by atoms with Gasteiger partial charge in [0.2, 0.25) is 0 Å². The number of nitrogen functional groups attached to an aromatic ring is 1. The molecule has 2 aromatic carbocycles. The molecule has 0 fully saturated rings. The number of rotatable bonds is 3. The molecule has 0 aromatic heterocycles. The third-order valence-corrected chi connectivity index (χ3v) is 6.00. The fourth-order valence-corrected chi connectivity index (χ4v) is 4.19. The molecule has 0 aliphatic carbocycles. The predicted molar refractivity (Wildman–Crippen MR) is 90.8 cm³/mol. The van der Waals surface area contributed by atoms with E-state index in [1.807, 2.05) is 0 Å². The maximum Gasteiger partial charge on any atom is 0.263 e. The van der Waals surface area contributed by atoms with E-state index < -0.39 is 10.0 Å². The molecule has 0 radical (unpaired) electrons. The summed E-state index contributed by atoms with van der Waals surface area (Å²) in [5.41, 5.74) is 6.19. The molecule has 0 saturated heterocycles. The summed E-state index contributed by atoms with van der Waals surface area (Å²) in [6.45, 7) is 0. The molecule has 0 aliphatic rings. The van der Waals surface area contributed by atoms with Crippen molar-refractivity contribution < 1.29 is 8.42 Å². The monoisotopic (exact) mass is 428 g/mol. The molecule has 0 aliphatic heterocycles. The average Bonchev–Trinajstić information content (AvgIpc) is 2.37. The molecule has 0 amide bonds. The van der Waals surface area contributed by atoms with Crippen molar-refractivity contribution >= 4 is 72.1 Å². The molecule has 0 unspecified atom stereocenters. The van der Waals surface area contributed by atoms with E-state index in [4.69, 9.17) is 40.5 Å². The highest BCUT2D eigenvalue weighted by atomic mass is 79.9. The Morgan fingerprint density at radius 2 is 1.71 bits per heavy atom. The van der Waals surface area contributed by atoms with E-state index in [0.29, 0.717) is 5.02 Å². The molecule has 112 valence electrons. The number of anilines is 2. The summed E-state index contributed by atoms with van der Waals surface area (Å²) in [5.74, 6) is 0. The van der Waals surface area contributed by atoms with Gasteiger partial charge in [0, 0.05) is 10.7 Å². The zero-order valence-corrected chi connectivity index (χ0v) is 14.9. The van der Waals surface area contributed by atoms with E-state index in [9.17, 15) is 8.42 Å². The first-order chi connectivity index (χ1) is 9.70. The Balaban J connectivity index is 2.45. The summed E-state index contributed by atoms with van der Waals surface area (Å²) in [7, 11) is -3.88. The fraction of sp³-hybridized carbons (Fsp3) is 0. The van der Waals surface area contributed by atoms with Crippen LogP contribution in [0.3, 0.4) is 0 Å². The highest BCUT2D eigenvalue weighted by molar-refractivity contribution is 9.10. The minimum absolute atomic E-state index is 0.0708. The molecule has 0 heterocycles. The summed E-state index contributed by atoms with van der Waals surface area (Å²) in [4.78, 5) is -0.0708. The number of hydrogen-bond acceptors (Lipinski definition) is 3. The van der Waals surface area contributed by atoms with Crippen molar-refractivity contribution in [2.24, 2.45) is 0 Å². The van der Waals surface area contributed by atoms with Gasteiger partial charge in [-0.1, -0.05) is 34.8 Å². The quantitative estimate of drug-likeness (QED) is 0.688. The van der Waals surface area contributed by atoms with E-state index in [2.05, 4.69) is 20.7 Å². The highest BCUT2D eigenvalue weighted by Crippen LogP contribution is 2.33. The lowest BCUT2D eigenvalue weighted by Gasteiger charge is -2.12. The standard InChI is InChI=1S/C12H8BrCl3N2O2S/c13-12-10(17)3-6(14)4-11(12)21(19,20)18-7-1-2-8(15)9(16)5-7/h1-5,18H,17H2. The minimum Gasteiger partial charge on any atom is -0.398 e. The van der Waals surface area contributed by atoms with Crippen LogP contribution in [0.2, 0.25) is 15.1 Å². The number of halogens is 4. The predicted octanol–water partition coefficient (Wildman–Crippen LogP) is 4.79. The van der Waals surface area contributed by atoms with Crippen LogP contribution in [0.15, 0.2) is 39.7 Å². The molecule has 21 heavy (non-hydrogen) atoms. The maximum atomic E-state index is 12.4. The second-order valence-corrected chi connectivity index (χ2v) is 7.74. The molecular formula is C12H8BrCl3N2O2S. The van der Waals surface area contributed by atoms with Crippen molar-refractivity contribution in [3.63, 3.8) is 0 Å². The molecule has 4 nitrogen and oxygen atoms in total. The van der Waals surface area contributed by atoms with Gasteiger partial charge in [0.15, 0.2) is 0 Å². The Morgan fingerprint density at radius 3 is 2.33 bits per heavy atom. The van der Waals surface area contributed by atoms with Crippen molar-refractivity contribution in [1.82, 2.24) is 0 Å². The van der Waals surface area contributed by atoms with Crippen LogP contribution >= 0.6 is 50.7 Å². The van der Waals surface area contributed by atoms with Crippen molar-refractivity contribution in [1.29, 1.82) is 0 Å². The largest absolute Gasteiger partial charge is 0.398 e. The van der Waals surface area contributed by atoms with Gasteiger partial charge < -0.3 is 5.73 Å². The molecule has 0 atom stereocenters. The van der Waals surface area contributed by atoms with Crippen LogP contribution in [0, 0.1) is 0 Å². The molecule has 0 saturated carbocycles. The summed E-state index contributed by atoms with van der Waals surface area (Å²) in [6, 6.07) is 7.13. The number of benzene rings is 2. The van der Waals surface area contributed by atoms with Crippen LogP contribution in [0.1, 0.15) is 0 Å². The Labute approximate surface area is 145 Å². The molecule has 2 rings (SSSR count). The topological polar surface area (TPSA) is 72.2 Å². The lowest BCUT2D eigenvalue weighted by Crippen LogP contribution is -2.14. The van der Waals surface area contributed by atoms with Gasteiger partial charge in [0.05, 0.1) is 20.2 Å². The molecule has 9 heteroatoms. The van der Waals surface area contributed by atoms with Crippen LogP contribution < -0.4 is 10.5 Å².